The number of rotatable bonds is 4. The number of hydrogen-bond acceptors (Lipinski definition) is 4. The molecule has 0 radical (unpaired) electrons. The molecule has 25 heavy (non-hydrogen) atoms. The number of nitrogens with one attached hydrogen (secondary N) is 1. The molecule has 1 saturated carbocycles. The molecule has 0 aliphatic heterocycles. The predicted molar refractivity (Wildman–Crippen MR) is 95.6 cm³/mol. The Morgan fingerprint density at radius 1 is 1.24 bits per heavy atom. The van der Waals surface area contributed by atoms with E-state index in [9.17, 15) is 9.59 Å². The normalized spacial score (nSPS) is 13.8. The predicted octanol–water partition coefficient (Wildman–Crippen LogP) is 2.62. The molecule has 1 aliphatic rings. The molecule has 126 valence electrons. The lowest BCUT2D eigenvalue weighted by atomic mass is 10.1. The van der Waals surface area contributed by atoms with Crippen molar-refractivity contribution in [2.24, 2.45) is 0 Å². The fourth-order valence-corrected chi connectivity index (χ4v) is 2.91. The van der Waals surface area contributed by atoms with Crippen LogP contribution in [0, 0.1) is 6.92 Å². The van der Waals surface area contributed by atoms with Gasteiger partial charge in [-0.25, -0.2) is 4.68 Å². The molecule has 6 nitrogen and oxygen atoms in total. The Hall–Kier alpha value is -3.02. The fourth-order valence-electron chi connectivity index (χ4n) is 2.91. The van der Waals surface area contributed by atoms with Gasteiger partial charge in [-0.15, -0.1) is 0 Å². The average Bonchev–Trinajstić information content (AvgIpc) is 3.41. The van der Waals surface area contributed by atoms with Crippen LogP contribution in [0.2, 0.25) is 0 Å². The van der Waals surface area contributed by atoms with Crippen LogP contribution in [0.5, 0.6) is 0 Å². The lowest BCUT2D eigenvalue weighted by molar-refractivity contribution is -0.117. The van der Waals surface area contributed by atoms with E-state index in [1.807, 2.05) is 37.3 Å². The van der Waals surface area contributed by atoms with Gasteiger partial charge in [0.15, 0.2) is 0 Å². The molecule has 1 N–H and O–H groups in total. The summed E-state index contributed by atoms with van der Waals surface area (Å²) < 4.78 is 1.24. The van der Waals surface area contributed by atoms with E-state index in [0.29, 0.717) is 11.6 Å². The third-order valence-corrected chi connectivity index (χ3v) is 4.29. The summed E-state index contributed by atoms with van der Waals surface area (Å²) in [6, 6.07) is 12.7. The van der Waals surface area contributed by atoms with E-state index in [4.69, 9.17) is 0 Å². The number of anilines is 1. The van der Waals surface area contributed by atoms with Gasteiger partial charge in [-0.2, -0.15) is 5.10 Å². The van der Waals surface area contributed by atoms with Crippen LogP contribution in [0.1, 0.15) is 30.1 Å². The Kier molecular flexibility index (Phi) is 3.80. The van der Waals surface area contributed by atoms with E-state index < -0.39 is 0 Å². The molecule has 2 aromatic heterocycles. The second kappa shape index (κ2) is 6.12. The molecular formula is C19H18N4O2. The van der Waals surface area contributed by atoms with Crippen molar-refractivity contribution >= 4 is 22.5 Å². The fraction of sp³-hybridized carbons (Fsp3) is 0.263. The molecule has 0 unspecified atom stereocenters. The standard InChI is InChI=1S/C19H18N4O2/c1-12-10-17(14-4-2-3-5-16(14)20-12)21-18(24)11-23-19(25)9-8-15(22-23)13-6-7-13/h2-5,8-10,13H,6-7,11H2,1H3,(H,20,21,24). The van der Waals surface area contributed by atoms with Crippen LogP contribution in [-0.4, -0.2) is 20.7 Å². The van der Waals surface area contributed by atoms with Crippen molar-refractivity contribution in [3.63, 3.8) is 0 Å². The summed E-state index contributed by atoms with van der Waals surface area (Å²) in [7, 11) is 0. The topological polar surface area (TPSA) is 76.9 Å². The Labute approximate surface area is 144 Å². The number of para-hydroxylation sites is 1. The zero-order valence-corrected chi connectivity index (χ0v) is 13.9. The van der Waals surface area contributed by atoms with Crippen LogP contribution in [0.4, 0.5) is 5.69 Å². The first kappa shape index (κ1) is 15.5. The van der Waals surface area contributed by atoms with E-state index in [0.717, 1.165) is 35.1 Å². The van der Waals surface area contributed by atoms with Gasteiger partial charge in [-0.3, -0.25) is 14.6 Å². The smallest absolute Gasteiger partial charge is 0.267 e. The van der Waals surface area contributed by atoms with Crippen molar-refractivity contribution in [2.45, 2.75) is 32.2 Å². The van der Waals surface area contributed by atoms with Crippen molar-refractivity contribution in [3.8, 4) is 0 Å². The highest BCUT2D eigenvalue weighted by atomic mass is 16.2. The summed E-state index contributed by atoms with van der Waals surface area (Å²) in [6.45, 7) is 1.78. The molecule has 1 fully saturated rings. The molecule has 0 bridgehead atoms. The largest absolute Gasteiger partial charge is 0.324 e. The maximum Gasteiger partial charge on any atom is 0.267 e. The first-order chi connectivity index (χ1) is 12.1. The molecule has 0 atom stereocenters. The highest BCUT2D eigenvalue weighted by Crippen LogP contribution is 2.38. The molecular weight excluding hydrogens is 316 g/mol. The summed E-state index contributed by atoms with van der Waals surface area (Å²) in [5.74, 6) is 0.153. The van der Waals surface area contributed by atoms with Crippen LogP contribution < -0.4 is 10.9 Å². The first-order valence-corrected chi connectivity index (χ1v) is 8.34. The number of aromatic nitrogens is 3. The molecule has 0 spiro atoms. The summed E-state index contributed by atoms with van der Waals surface area (Å²) in [6.07, 6.45) is 2.19. The van der Waals surface area contributed by atoms with E-state index in [-0.39, 0.29) is 18.0 Å². The second-order valence-corrected chi connectivity index (χ2v) is 6.40. The van der Waals surface area contributed by atoms with Crippen LogP contribution in [0.25, 0.3) is 10.9 Å². The van der Waals surface area contributed by atoms with Crippen LogP contribution in [0.15, 0.2) is 47.3 Å². The SMILES string of the molecule is Cc1cc(NC(=O)Cn2nc(C3CC3)ccc2=O)c2ccccc2n1. The van der Waals surface area contributed by atoms with Crippen LogP contribution in [-0.2, 0) is 11.3 Å². The average molecular weight is 334 g/mol. The maximum absolute atomic E-state index is 12.5. The van der Waals surface area contributed by atoms with Crippen molar-refractivity contribution in [1.29, 1.82) is 0 Å². The number of aryl methyl sites for hydroxylation is 1. The lowest BCUT2D eigenvalue weighted by Gasteiger charge is -2.11. The van der Waals surface area contributed by atoms with Gasteiger partial charge in [0.2, 0.25) is 5.91 Å². The molecule has 1 aliphatic carbocycles. The Morgan fingerprint density at radius 2 is 2.04 bits per heavy atom. The van der Waals surface area contributed by atoms with E-state index >= 15 is 0 Å². The van der Waals surface area contributed by atoms with Crippen LogP contribution in [0.3, 0.4) is 0 Å². The summed E-state index contributed by atoms with van der Waals surface area (Å²) >= 11 is 0. The zero-order valence-electron chi connectivity index (χ0n) is 13.9. The zero-order chi connectivity index (χ0) is 17.4. The minimum atomic E-state index is -0.279. The van der Waals surface area contributed by atoms with Crippen molar-refractivity contribution in [1.82, 2.24) is 14.8 Å². The minimum absolute atomic E-state index is 0.102. The Balaban J connectivity index is 1.59. The van der Waals surface area contributed by atoms with Gasteiger partial charge < -0.3 is 5.32 Å². The van der Waals surface area contributed by atoms with Gasteiger partial charge in [0.1, 0.15) is 6.54 Å². The van der Waals surface area contributed by atoms with Crippen molar-refractivity contribution in [3.05, 3.63) is 64.2 Å². The van der Waals surface area contributed by atoms with Crippen LogP contribution >= 0.6 is 0 Å². The number of nitrogens with zero attached hydrogens (tertiary/aromatic N) is 3. The molecule has 0 saturated heterocycles. The van der Waals surface area contributed by atoms with E-state index in [1.165, 1.54) is 10.7 Å². The highest BCUT2D eigenvalue weighted by Gasteiger charge is 2.25. The second-order valence-electron chi connectivity index (χ2n) is 6.40. The third-order valence-electron chi connectivity index (χ3n) is 4.29. The molecule has 2 heterocycles. The van der Waals surface area contributed by atoms with E-state index in [1.54, 1.807) is 6.07 Å². The van der Waals surface area contributed by atoms with Gasteiger partial charge in [-0.05, 0) is 38.0 Å². The monoisotopic (exact) mass is 334 g/mol. The third kappa shape index (κ3) is 3.28. The number of pyridine rings is 1. The maximum atomic E-state index is 12.5. The molecule has 6 heteroatoms. The lowest BCUT2D eigenvalue weighted by Crippen LogP contribution is -2.29. The quantitative estimate of drug-likeness (QED) is 0.796. The van der Waals surface area contributed by atoms with E-state index in [2.05, 4.69) is 15.4 Å². The minimum Gasteiger partial charge on any atom is -0.324 e. The van der Waals surface area contributed by atoms with Gasteiger partial charge in [0.05, 0.1) is 16.9 Å². The summed E-state index contributed by atoms with van der Waals surface area (Å²) in [4.78, 5) is 28.9. The summed E-state index contributed by atoms with van der Waals surface area (Å²) in [5, 5.41) is 8.08. The molecule has 4 rings (SSSR count). The van der Waals surface area contributed by atoms with Gasteiger partial charge in [-0.1, -0.05) is 18.2 Å². The number of amides is 1. The number of hydrogen-bond donors (Lipinski definition) is 1. The Morgan fingerprint density at radius 3 is 2.84 bits per heavy atom. The Bertz CT molecular complexity index is 1020. The molecule has 3 aromatic rings. The molecule has 1 amide bonds. The van der Waals surface area contributed by atoms with Gasteiger partial charge in [0.25, 0.3) is 5.56 Å². The number of benzene rings is 1. The number of carbonyl (C=O) groups is 1. The number of fused-ring (bicyclic) bond motifs is 1. The highest BCUT2D eigenvalue weighted by molar-refractivity contribution is 6.00. The summed E-state index contributed by atoms with van der Waals surface area (Å²) in [5.41, 5.74) is 2.95. The molecule has 1 aromatic carbocycles. The first-order valence-electron chi connectivity index (χ1n) is 8.34. The van der Waals surface area contributed by atoms with Crippen molar-refractivity contribution < 1.29 is 4.79 Å². The van der Waals surface area contributed by atoms with Crippen molar-refractivity contribution in [2.75, 3.05) is 5.32 Å². The van der Waals surface area contributed by atoms with Gasteiger partial charge >= 0.3 is 0 Å². The number of carbonyl (C=O) groups excluding carboxylic acids is 1. The van der Waals surface area contributed by atoms with Gasteiger partial charge in [0, 0.05) is 23.1 Å².